The van der Waals surface area contributed by atoms with Crippen molar-refractivity contribution in [1.82, 2.24) is 4.72 Å². The third kappa shape index (κ3) is 6.17. The van der Waals surface area contributed by atoms with Gasteiger partial charge in [-0.2, -0.15) is 0 Å². The van der Waals surface area contributed by atoms with Crippen molar-refractivity contribution < 1.29 is 22.5 Å². The Labute approximate surface area is 202 Å². The summed E-state index contributed by atoms with van der Waals surface area (Å²) in [5, 5.41) is 8.98. The summed E-state index contributed by atoms with van der Waals surface area (Å²) in [4.78, 5) is 13.6. The van der Waals surface area contributed by atoms with Crippen LogP contribution in [0.25, 0.3) is 0 Å². The number of anilines is 2. The Balaban J connectivity index is 2.20. The summed E-state index contributed by atoms with van der Waals surface area (Å²) in [6.07, 6.45) is 4.04. The Morgan fingerprint density at radius 3 is 2.58 bits per heavy atom. The van der Waals surface area contributed by atoms with E-state index in [9.17, 15) is 17.4 Å². The largest absolute Gasteiger partial charge is 0.481 e. The summed E-state index contributed by atoms with van der Waals surface area (Å²) in [6.45, 7) is 4.42. The number of carbonyl (C=O) groups is 1. The topological polar surface area (TPSA) is 104 Å². The number of sulfonamides is 1. The van der Waals surface area contributed by atoms with Crippen LogP contribution in [0.4, 0.5) is 11.4 Å². The normalized spacial score (nSPS) is 20.6. The fourth-order valence-electron chi connectivity index (χ4n) is 4.03. The molecule has 1 aliphatic heterocycles. The summed E-state index contributed by atoms with van der Waals surface area (Å²) in [5.74, 6) is -0.823. The summed E-state index contributed by atoms with van der Waals surface area (Å²) < 4.78 is 42.6. The number of fused-ring (bicyclic) bond motifs is 1. The molecule has 2 aromatic rings. The number of rotatable bonds is 9. The monoisotopic (exact) mass is 510 g/mol. The van der Waals surface area contributed by atoms with Crippen molar-refractivity contribution in [3.63, 3.8) is 0 Å². The predicted molar refractivity (Wildman–Crippen MR) is 134 cm³/mol. The molecular formula is C23H30N2O5S3. The quantitative estimate of drug-likeness (QED) is 0.523. The Morgan fingerprint density at radius 1 is 1.27 bits per heavy atom. The van der Waals surface area contributed by atoms with Crippen LogP contribution in [0.3, 0.4) is 0 Å². The van der Waals surface area contributed by atoms with Gasteiger partial charge >= 0.3 is 5.97 Å². The third-order valence-electron chi connectivity index (χ3n) is 5.55. The Hall–Kier alpha value is -1.88. The molecule has 1 unspecified atom stereocenters. The smallest absolute Gasteiger partial charge is 0.313 e. The molecular weight excluding hydrogens is 480 g/mol. The Bertz CT molecular complexity index is 1140. The first-order valence-electron chi connectivity index (χ1n) is 10.7. The van der Waals surface area contributed by atoms with Crippen molar-refractivity contribution in [2.75, 3.05) is 23.5 Å². The van der Waals surface area contributed by atoms with Crippen molar-refractivity contribution in [2.24, 2.45) is 0 Å². The molecule has 2 atom stereocenters. The van der Waals surface area contributed by atoms with Crippen LogP contribution in [0.5, 0.6) is 0 Å². The molecule has 0 spiro atoms. The first-order valence-corrected chi connectivity index (χ1v) is 14.9. The van der Waals surface area contributed by atoms with Gasteiger partial charge in [-0.3, -0.25) is 9.00 Å². The third-order valence-corrected chi connectivity index (χ3v) is 9.19. The van der Waals surface area contributed by atoms with Crippen molar-refractivity contribution in [3.8, 4) is 0 Å². The molecule has 1 aliphatic rings. The minimum absolute atomic E-state index is 0.117. The zero-order valence-electron chi connectivity index (χ0n) is 19.0. The highest BCUT2D eigenvalue weighted by atomic mass is 32.2. The molecule has 2 aromatic carbocycles. The molecule has 0 aromatic heterocycles. The highest BCUT2D eigenvalue weighted by molar-refractivity contribution is 7.99. The lowest BCUT2D eigenvalue weighted by molar-refractivity contribution is -0.133. The molecule has 0 fully saturated rings. The maximum absolute atomic E-state index is 13.5. The average molecular weight is 511 g/mol. The van der Waals surface area contributed by atoms with Crippen molar-refractivity contribution >= 4 is 49.9 Å². The van der Waals surface area contributed by atoms with Crippen molar-refractivity contribution in [1.29, 1.82) is 0 Å². The van der Waals surface area contributed by atoms with Gasteiger partial charge in [0, 0.05) is 34.7 Å². The van der Waals surface area contributed by atoms with Crippen molar-refractivity contribution in [2.45, 2.75) is 54.2 Å². The van der Waals surface area contributed by atoms with Gasteiger partial charge < -0.3 is 10.0 Å². The average Bonchev–Trinajstić information content (AvgIpc) is 2.84. The van der Waals surface area contributed by atoms with Crippen LogP contribution in [0, 0.1) is 0 Å². The number of hydrogen-bond acceptors (Lipinski definition) is 6. The van der Waals surface area contributed by atoms with E-state index in [0.717, 1.165) is 30.3 Å². The van der Waals surface area contributed by atoms with Gasteiger partial charge in [0.15, 0.2) is 0 Å². The lowest BCUT2D eigenvalue weighted by Gasteiger charge is -2.34. The molecule has 0 saturated heterocycles. The highest BCUT2D eigenvalue weighted by Gasteiger charge is 2.39. The number of aliphatic carboxylic acids is 1. The first kappa shape index (κ1) is 25.7. The second-order valence-corrected chi connectivity index (χ2v) is 12.4. The number of nitrogens with one attached hydrogen (secondary N) is 1. The van der Waals surface area contributed by atoms with Gasteiger partial charge in [-0.05, 0) is 43.2 Å². The van der Waals surface area contributed by atoms with E-state index >= 15 is 0 Å². The van der Waals surface area contributed by atoms with Gasteiger partial charge in [0.05, 0.1) is 22.2 Å². The van der Waals surface area contributed by atoms with Gasteiger partial charge in [-0.15, -0.1) is 11.8 Å². The molecule has 7 nitrogen and oxygen atoms in total. The zero-order valence-corrected chi connectivity index (χ0v) is 21.5. The number of thioether (sulfide) groups is 1. The second-order valence-electron chi connectivity index (χ2n) is 8.46. The minimum atomic E-state index is -3.88. The molecule has 180 valence electrons. The van der Waals surface area contributed by atoms with Crippen LogP contribution in [-0.4, -0.2) is 47.8 Å². The van der Waals surface area contributed by atoms with Gasteiger partial charge in [-0.25, -0.2) is 13.1 Å². The SMILES string of the molecule is CCCC[C@]1(C)CN(c2ccccc2)c2cc(S(C)=O)c(CSCC(=O)O)cc2S(=O)(=O)N1. The second kappa shape index (κ2) is 10.6. The van der Waals surface area contributed by atoms with Crippen LogP contribution in [0.2, 0.25) is 0 Å². The zero-order chi connectivity index (χ0) is 24.2. The first-order chi connectivity index (χ1) is 15.6. The van der Waals surface area contributed by atoms with E-state index in [4.69, 9.17) is 5.11 Å². The summed E-state index contributed by atoms with van der Waals surface area (Å²) in [6, 6.07) is 12.8. The minimum Gasteiger partial charge on any atom is -0.481 e. The number of carboxylic acids is 1. The number of unbranched alkanes of at least 4 members (excludes halogenated alkanes) is 1. The molecule has 33 heavy (non-hydrogen) atoms. The van der Waals surface area contributed by atoms with E-state index in [1.165, 1.54) is 0 Å². The Kier molecular flexibility index (Phi) is 8.26. The molecule has 0 aliphatic carbocycles. The van der Waals surface area contributed by atoms with E-state index < -0.39 is 32.3 Å². The van der Waals surface area contributed by atoms with Crippen LogP contribution >= 0.6 is 11.8 Å². The number of nitrogens with zero attached hydrogens (tertiary/aromatic N) is 1. The van der Waals surface area contributed by atoms with Crippen LogP contribution < -0.4 is 9.62 Å². The number of benzene rings is 2. The van der Waals surface area contributed by atoms with Gasteiger partial charge in [0.2, 0.25) is 10.0 Å². The number of para-hydroxylation sites is 1. The van der Waals surface area contributed by atoms with Gasteiger partial charge in [-0.1, -0.05) is 38.0 Å². The number of hydrogen-bond donors (Lipinski definition) is 2. The predicted octanol–water partition coefficient (Wildman–Crippen LogP) is 4.12. The summed E-state index contributed by atoms with van der Waals surface area (Å²) in [7, 11) is -5.26. The fraction of sp³-hybridized carbons (Fsp3) is 0.435. The maximum Gasteiger partial charge on any atom is 0.313 e. The lowest BCUT2D eigenvalue weighted by Crippen LogP contribution is -2.50. The molecule has 3 rings (SSSR count). The molecule has 0 saturated carbocycles. The maximum atomic E-state index is 13.5. The van der Waals surface area contributed by atoms with Gasteiger partial charge in [0.25, 0.3) is 0 Å². The number of carboxylic acid groups (broad SMARTS) is 1. The van der Waals surface area contributed by atoms with Crippen molar-refractivity contribution in [3.05, 3.63) is 48.0 Å². The van der Waals surface area contributed by atoms with E-state index in [0.29, 0.717) is 29.1 Å². The molecule has 2 N–H and O–H groups in total. The molecule has 1 heterocycles. The molecule has 0 radical (unpaired) electrons. The lowest BCUT2D eigenvalue weighted by atomic mass is 9.95. The highest BCUT2D eigenvalue weighted by Crippen LogP contribution is 2.40. The van der Waals surface area contributed by atoms with Crippen LogP contribution in [-0.2, 0) is 31.4 Å². The van der Waals surface area contributed by atoms with E-state index in [1.54, 1.807) is 18.4 Å². The Morgan fingerprint density at radius 2 is 1.97 bits per heavy atom. The van der Waals surface area contributed by atoms with E-state index in [2.05, 4.69) is 11.6 Å². The van der Waals surface area contributed by atoms with Gasteiger partial charge in [0.1, 0.15) is 4.90 Å². The van der Waals surface area contributed by atoms with E-state index in [-0.39, 0.29) is 16.4 Å². The fourth-order valence-corrected chi connectivity index (χ4v) is 7.30. The molecule has 0 amide bonds. The summed E-state index contributed by atoms with van der Waals surface area (Å²) >= 11 is 1.15. The molecule has 0 bridgehead atoms. The van der Waals surface area contributed by atoms with Crippen LogP contribution in [0.1, 0.15) is 38.7 Å². The molecule has 10 heteroatoms. The standard InChI is InChI=1S/C23H30N2O5S3/c1-4-5-11-23(2)16-25(18-9-7-6-8-10-18)19-13-20(32(3)28)17(14-31-15-22(26)27)12-21(19)33(29,30)24-23/h6-10,12-13,24H,4-5,11,14-16H2,1-3H3,(H,26,27)/t23-,32?/m1/s1. The van der Waals surface area contributed by atoms with E-state index in [1.807, 2.05) is 42.2 Å². The summed E-state index contributed by atoms with van der Waals surface area (Å²) in [5.41, 5.74) is 1.19. The van der Waals surface area contributed by atoms with Crippen LogP contribution in [0.15, 0.2) is 52.3 Å².